The van der Waals surface area contributed by atoms with Gasteiger partial charge in [-0.25, -0.2) is 9.78 Å². The molecule has 4 rings (SSSR count). The number of benzene rings is 1. The van der Waals surface area contributed by atoms with Crippen molar-refractivity contribution >= 4 is 81.4 Å². The van der Waals surface area contributed by atoms with E-state index in [9.17, 15) is 24.0 Å². The lowest BCUT2D eigenvalue weighted by Crippen LogP contribution is -2.71. The molecule has 2 aliphatic rings. The summed E-state index contributed by atoms with van der Waals surface area (Å²) in [5, 5.41) is 4.04. The Morgan fingerprint density at radius 1 is 1.27 bits per heavy atom. The van der Waals surface area contributed by atoms with Crippen molar-refractivity contribution in [1.29, 1.82) is 0 Å². The molecule has 1 aromatic heterocycles. The number of anilines is 1. The quantitative estimate of drug-likeness (QED) is 0.107. The van der Waals surface area contributed by atoms with E-state index >= 15 is 0 Å². The standard InChI is InChI=1S/C22H18Cl2N4O7S2/c1-34-12-4-2-10(3-5-12)7-35-21(33)15-11(6-23)8-36-20-14(19(32)28(15)20)26-18(31)16(30)13-17(24)37-22(27-13)25-9-29/h2-5,9,14,20H,6-8H2,1H3,(H,26,31)(H,25,27,29)/t14-,20+/m1/s1. The number of nitrogens with zero attached hydrogens (tertiary/aromatic N) is 2. The van der Waals surface area contributed by atoms with E-state index in [0.29, 0.717) is 23.5 Å². The van der Waals surface area contributed by atoms with Crippen LogP contribution in [-0.4, -0.2) is 70.0 Å². The zero-order valence-electron chi connectivity index (χ0n) is 19.0. The second kappa shape index (κ2) is 11.5. The average Bonchev–Trinajstić information content (AvgIpc) is 3.28. The number of halogens is 2. The number of esters is 1. The van der Waals surface area contributed by atoms with Gasteiger partial charge in [-0.3, -0.25) is 24.1 Å². The Hall–Kier alpha value is -3.13. The smallest absolute Gasteiger partial charge is 0.355 e. The van der Waals surface area contributed by atoms with Gasteiger partial charge < -0.3 is 20.1 Å². The third-order valence-electron chi connectivity index (χ3n) is 5.41. The maximum absolute atomic E-state index is 13.0. The summed E-state index contributed by atoms with van der Waals surface area (Å²) in [5.74, 6) is -2.50. The average molecular weight is 585 g/mol. The van der Waals surface area contributed by atoms with Crippen LogP contribution in [0.25, 0.3) is 0 Å². The van der Waals surface area contributed by atoms with Crippen LogP contribution in [0.5, 0.6) is 5.75 Å². The van der Waals surface area contributed by atoms with Crippen LogP contribution in [0.3, 0.4) is 0 Å². The fraction of sp³-hybridized carbons (Fsp3) is 0.273. The van der Waals surface area contributed by atoms with Crippen LogP contribution in [0, 0.1) is 0 Å². The SMILES string of the molecule is COc1ccc(COC(=O)C2=C(CCl)CS[C@H]3[C@H](NC(=O)C(=O)c4nc(NC=O)sc4Cl)C(=O)N23)cc1. The Balaban J connectivity index is 1.43. The molecule has 37 heavy (non-hydrogen) atoms. The summed E-state index contributed by atoms with van der Waals surface area (Å²) >= 11 is 14.1. The van der Waals surface area contributed by atoms with Crippen LogP contribution >= 0.6 is 46.3 Å². The van der Waals surface area contributed by atoms with Gasteiger partial charge in [0.2, 0.25) is 6.41 Å². The number of nitrogens with one attached hydrogen (secondary N) is 2. The van der Waals surface area contributed by atoms with Crippen molar-refractivity contribution in [2.75, 3.05) is 24.1 Å². The topological polar surface area (TPSA) is 144 Å². The molecule has 1 aromatic carbocycles. The number of hydrogen-bond acceptors (Lipinski definition) is 10. The fourth-order valence-electron chi connectivity index (χ4n) is 3.58. The van der Waals surface area contributed by atoms with Crippen molar-refractivity contribution in [2.24, 2.45) is 0 Å². The second-order valence-corrected chi connectivity index (χ2v) is 10.6. The zero-order valence-corrected chi connectivity index (χ0v) is 22.1. The Bertz CT molecular complexity index is 1300. The van der Waals surface area contributed by atoms with Crippen LogP contribution in [0.1, 0.15) is 16.1 Å². The highest BCUT2D eigenvalue weighted by Gasteiger charge is 2.54. The molecule has 0 bridgehead atoms. The summed E-state index contributed by atoms with van der Waals surface area (Å²) in [6, 6.07) is 5.88. The summed E-state index contributed by atoms with van der Waals surface area (Å²) < 4.78 is 10.4. The number of amides is 3. The highest BCUT2D eigenvalue weighted by molar-refractivity contribution is 8.00. The molecule has 1 fully saturated rings. The first-order valence-electron chi connectivity index (χ1n) is 10.5. The fourth-order valence-corrected chi connectivity index (χ4v) is 6.26. The number of rotatable bonds is 10. The van der Waals surface area contributed by atoms with Crippen LogP contribution < -0.4 is 15.4 Å². The first kappa shape index (κ1) is 26.9. The molecule has 0 spiro atoms. The molecule has 0 unspecified atom stereocenters. The Morgan fingerprint density at radius 2 is 2.00 bits per heavy atom. The number of carbonyl (C=O) groups excluding carboxylic acids is 5. The highest BCUT2D eigenvalue weighted by Crippen LogP contribution is 2.41. The highest BCUT2D eigenvalue weighted by atomic mass is 35.5. The maximum atomic E-state index is 13.0. The minimum Gasteiger partial charge on any atom is -0.497 e. The number of thioether (sulfide) groups is 1. The van der Waals surface area contributed by atoms with E-state index in [-0.39, 0.29) is 33.3 Å². The van der Waals surface area contributed by atoms with Crippen molar-refractivity contribution in [3.8, 4) is 5.75 Å². The van der Waals surface area contributed by atoms with Gasteiger partial charge in [-0.05, 0) is 23.3 Å². The molecule has 194 valence electrons. The number of methoxy groups -OCH3 is 1. The summed E-state index contributed by atoms with van der Waals surface area (Å²) in [6.45, 7) is -0.0360. The van der Waals surface area contributed by atoms with Gasteiger partial charge in [0.25, 0.3) is 17.6 Å². The number of ketones is 1. The molecule has 2 atom stereocenters. The Kier molecular flexibility index (Phi) is 8.37. The number of hydrogen-bond donors (Lipinski definition) is 2. The molecule has 0 aliphatic carbocycles. The van der Waals surface area contributed by atoms with Crippen LogP contribution in [0.15, 0.2) is 35.5 Å². The summed E-state index contributed by atoms with van der Waals surface area (Å²) in [5.41, 5.74) is 0.915. The summed E-state index contributed by atoms with van der Waals surface area (Å²) in [7, 11) is 1.54. The van der Waals surface area contributed by atoms with Crippen molar-refractivity contribution in [3.63, 3.8) is 0 Å². The molecule has 3 amide bonds. The molecular formula is C22H18Cl2N4O7S2. The normalized spacial score (nSPS) is 18.5. The van der Waals surface area contributed by atoms with Crippen LogP contribution in [0.4, 0.5) is 5.13 Å². The van der Waals surface area contributed by atoms with E-state index < -0.39 is 35.0 Å². The molecule has 2 aliphatic heterocycles. The number of carbonyl (C=O) groups is 5. The molecule has 0 radical (unpaired) electrons. The van der Waals surface area contributed by atoms with E-state index in [2.05, 4.69) is 15.6 Å². The van der Waals surface area contributed by atoms with Gasteiger partial charge in [-0.1, -0.05) is 35.1 Å². The first-order valence-corrected chi connectivity index (χ1v) is 13.3. The monoisotopic (exact) mass is 584 g/mol. The number of Topliss-reactive ketones (excluding diaryl/α,β-unsaturated/α-hetero) is 1. The lowest BCUT2D eigenvalue weighted by Gasteiger charge is -2.49. The number of aromatic nitrogens is 1. The third kappa shape index (κ3) is 5.44. The minimum absolute atomic E-state index is 0.00542. The largest absolute Gasteiger partial charge is 0.497 e. The lowest BCUT2D eigenvalue weighted by atomic mass is 10.0. The molecule has 3 heterocycles. The van der Waals surface area contributed by atoms with E-state index in [1.165, 1.54) is 16.7 Å². The second-order valence-electron chi connectivity index (χ2n) is 7.60. The summed E-state index contributed by atoms with van der Waals surface area (Å²) in [4.78, 5) is 66.7. The molecule has 11 nitrogen and oxygen atoms in total. The van der Waals surface area contributed by atoms with E-state index in [0.717, 1.165) is 16.9 Å². The number of thiazole rings is 1. The van der Waals surface area contributed by atoms with Crippen molar-refractivity contribution in [3.05, 3.63) is 51.1 Å². The van der Waals surface area contributed by atoms with E-state index in [1.54, 1.807) is 31.4 Å². The zero-order chi connectivity index (χ0) is 26.7. The maximum Gasteiger partial charge on any atom is 0.355 e. The Morgan fingerprint density at radius 3 is 2.65 bits per heavy atom. The van der Waals surface area contributed by atoms with Gasteiger partial charge in [0.05, 0.1) is 7.11 Å². The predicted octanol–water partition coefficient (Wildman–Crippen LogP) is 2.19. The van der Waals surface area contributed by atoms with Crippen molar-refractivity contribution < 1.29 is 33.4 Å². The van der Waals surface area contributed by atoms with Gasteiger partial charge in [0.15, 0.2) is 5.13 Å². The number of ether oxygens (including phenoxy) is 2. The van der Waals surface area contributed by atoms with Crippen LogP contribution in [0.2, 0.25) is 4.34 Å². The van der Waals surface area contributed by atoms with Gasteiger partial charge in [0.1, 0.15) is 39.5 Å². The van der Waals surface area contributed by atoms with Crippen LogP contribution in [-0.2, 0) is 30.5 Å². The van der Waals surface area contributed by atoms with Gasteiger partial charge in [-0.2, -0.15) is 0 Å². The predicted molar refractivity (Wildman–Crippen MR) is 137 cm³/mol. The van der Waals surface area contributed by atoms with E-state index in [4.69, 9.17) is 32.7 Å². The number of β-lactam (4-membered cyclic amide) rings is 1. The van der Waals surface area contributed by atoms with Gasteiger partial charge in [-0.15, -0.1) is 23.4 Å². The molecule has 2 aromatic rings. The number of alkyl halides is 1. The first-order chi connectivity index (χ1) is 17.8. The molecule has 0 saturated carbocycles. The molecule has 1 saturated heterocycles. The molecular weight excluding hydrogens is 567 g/mol. The molecule has 15 heteroatoms. The number of fused-ring (bicyclic) bond motifs is 1. The molecule has 2 N–H and O–H groups in total. The summed E-state index contributed by atoms with van der Waals surface area (Å²) in [6.07, 6.45) is 0.355. The third-order valence-corrected chi connectivity index (χ3v) is 8.25. The van der Waals surface area contributed by atoms with Gasteiger partial charge in [0, 0.05) is 11.6 Å². The van der Waals surface area contributed by atoms with E-state index in [1.807, 2.05) is 0 Å². The lowest BCUT2D eigenvalue weighted by molar-refractivity contribution is -0.153. The Labute approximate surface area is 228 Å². The minimum atomic E-state index is -1.10. The van der Waals surface area contributed by atoms with Crippen molar-refractivity contribution in [1.82, 2.24) is 15.2 Å². The van der Waals surface area contributed by atoms with Crippen molar-refractivity contribution in [2.45, 2.75) is 18.0 Å². The van der Waals surface area contributed by atoms with Gasteiger partial charge >= 0.3 is 5.97 Å².